The average molecular weight is 631 g/mol. The first-order valence-corrected chi connectivity index (χ1v) is 15.3. The van der Waals surface area contributed by atoms with Crippen LogP contribution in [-0.2, 0) is 13.6 Å². The molecule has 10 nitrogen and oxygen atoms in total. The second kappa shape index (κ2) is 13.4. The van der Waals surface area contributed by atoms with Crippen LogP contribution in [0.3, 0.4) is 0 Å². The van der Waals surface area contributed by atoms with Gasteiger partial charge in [-0.15, -0.1) is 0 Å². The molecule has 10 heteroatoms. The van der Waals surface area contributed by atoms with Gasteiger partial charge in [-0.2, -0.15) is 14.8 Å². The summed E-state index contributed by atoms with van der Waals surface area (Å²) in [5, 5.41) is 11.1. The Kier molecular flexibility index (Phi) is 8.35. The van der Waals surface area contributed by atoms with Crippen LogP contribution in [-0.4, -0.2) is 34.2 Å². The van der Waals surface area contributed by atoms with Crippen LogP contribution in [0.4, 0.5) is 0 Å². The number of carbonyl (C=O) groups is 2. The minimum atomic E-state index is -0.503. The number of aryl methyl sites for hydroxylation is 1. The van der Waals surface area contributed by atoms with Crippen LogP contribution in [0.25, 0.3) is 32.8 Å². The normalized spacial score (nSPS) is 11.5. The summed E-state index contributed by atoms with van der Waals surface area (Å²) < 4.78 is 4.20. The summed E-state index contributed by atoms with van der Waals surface area (Å²) in [5.41, 5.74) is 10.6. The molecule has 232 valence electrons. The maximum absolute atomic E-state index is 13.0. The molecule has 0 aliphatic heterocycles. The van der Waals surface area contributed by atoms with E-state index in [1.807, 2.05) is 96.8 Å². The molecule has 0 saturated heterocycles. The minimum absolute atomic E-state index is 0.116. The number of hydrazone groups is 2. The number of carbonyl (C=O) groups excluding carboxylic acids is 2. The maximum atomic E-state index is 13.0. The third-order valence-corrected chi connectivity index (χ3v) is 7.98. The van der Waals surface area contributed by atoms with Crippen molar-refractivity contribution in [1.82, 2.24) is 20.8 Å². The van der Waals surface area contributed by atoms with E-state index in [4.69, 9.17) is 0 Å². The van der Waals surface area contributed by atoms with Gasteiger partial charge in [0, 0.05) is 46.3 Å². The molecule has 0 saturated carbocycles. The molecule has 0 atom stereocenters. The summed E-state index contributed by atoms with van der Waals surface area (Å²) in [6.45, 7) is 0.734. The highest BCUT2D eigenvalue weighted by Crippen LogP contribution is 2.16. The lowest BCUT2D eigenvalue weighted by Crippen LogP contribution is -2.35. The topological polar surface area (TPSA) is 116 Å². The standard InChI is InChI=1S/C38H28N8O2/c1-45-21-19-28(30-11-5-7-13-34(30)45)23-39-43-37(47)32-17-15-27-16-18-33(42-36(27)41-32)38(48)44-40-24-29-20-22-46(25-26-9-3-2-4-10-26)35-14-8-6-12-31(29)35/h2-24H,25H2,1H3/p+2. The van der Waals surface area contributed by atoms with Crippen LogP contribution in [0.2, 0.25) is 0 Å². The molecular formula is C38H30N8O2+2. The van der Waals surface area contributed by atoms with Gasteiger partial charge < -0.3 is 0 Å². The molecule has 3 aromatic carbocycles. The van der Waals surface area contributed by atoms with Gasteiger partial charge in [-0.25, -0.2) is 25.4 Å². The lowest BCUT2D eigenvalue weighted by atomic mass is 10.1. The van der Waals surface area contributed by atoms with Gasteiger partial charge in [0.25, 0.3) is 11.8 Å². The van der Waals surface area contributed by atoms with E-state index < -0.39 is 11.8 Å². The van der Waals surface area contributed by atoms with Gasteiger partial charge in [-0.1, -0.05) is 54.6 Å². The molecule has 7 aromatic rings. The molecule has 48 heavy (non-hydrogen) atoms. The Labute approximate surface area is 275 Å². The Bertz CT molecular complexity index is 2390. The molecule has 0 fully saturated rings. The molecule has 4 aromatic heterocycles. The van der Waals surface area contributed by atoms with Crippen LogP contribution in [0.1, 0.15) is 37.7 Å². The third kappa shape index (κ3) is 6.35. The second-order valence-electron chi connectivity index (χ2n) is 11.1. The van der Waals surface area contributed by atoms with Crippen molar-refractivity contribution >= 4 is 57.1 Å². The number of pyridine rings is 4. The van der Waals surface area contributed by atoms with E-state index >= 15 is 0 Å². The minimum Gasteiger partial charge on any atom is -0.266 e. The van der Waals surface area contributed by atoms with E-state index in [2.05, 4.69) is 53.8 Å². The first kappa shape index (κ1) is 30.0. The fourth-order valence-corrected chi connectivity index (χ4v) is 5.53. The molecule has 0 radical (unpaired) electrons. The highest BCUT2D eigenvalue weighted by molar-refractivity contribution is 6.00. The molecule has 0 aliphatic carbocycles. The van der Waals surface area contributed by atoms with Gasteiger partial charge in [0.1, 0.15) is 18.4 Å². The van der Waals surface area contributed by atoms with Crippen molar-refractivity contribution in [2.45, 2.75) is 6.54 Å². The van der Waals surface area contributed by atoms with Crippen molar-refractivity contribution < 1.29 is 18.7 Å². The zero-order valence-corrected chi connectivity index (χ0v) is 26.0. The van der Waals surface area contributed by atoms with Gasteiger partial charge in [0.05, 0.1) is 23.2 Å². The van der Waals surface area contributed by atoms with Gasteiger partial charge in [-0.3, -0.25) is 9.59 Å². The number of nitrogens with zero attached hydrogens (tertiary/aromatic N) is 6. The zero-order chi connectivity index (χ0) is 32.9. The van der Waals surface area contributed by atoms with E-state index in [-0.39, 0.29) is 17.0 Å². The fourth-order valence-electron chi connectivity index (χ4n) is 5.53. The number of amides is 2. The lowest BCUT2D eigenvalue weighted by Gasteiger charge is -2.05. The van der Waals surface area contributed by atoms with E-state index in [0.29, 0.717) is 5.39 Å². The molecule has 2 amide bonds. The summed E-state index contributed by atoms with van der Waals surface area (Å²) in [6.07, 6.45) is 7.17. The van der Waals surface area contributed by atoms with Crippen molar-refractivity contribution in [3.63, 3.8) is 0 Å². The number of fused-ring (bicyclic) bond motifs is 3. The zero-order valence-electron chi connectivity index (χ0n) is 26.0. The van der Waals surface area contributed by atoms with Gasteiger partial charge in [0.15, 0.2) is 24.6 Å². The van der Waals surface area contributed by atoms with Crippen molar-refractivity contribution in [1.29, 1.82) is 0 Å². The van der Waals surface area contributed by atoms with Gasteiger partial charge in [-0.05, 0) is 36.4 Å². The second-order valence-corrected chi connectivity index (χ2v) is 11.1. The van der Waals surface area contributed by atoms with Crippen molar-refractivity contribution in [2.75, 3.05) is 0 Å². The fraction of sp³-hybridized carbons (Fsp3) is 0.0526. The number of hydrogen-bond acceptors (Lipinski definition) is 6. The van der Waals surface area contributed by atoms with E-state index in [1.165, 1.54) is 5.56 Å². The predicted octanol–water partition coefficient (Wildman–Crippen LogP) is 4.62. The summed E-state index contributed by atoms with van der Waals surface area (Å²) in [6, 6.07) is 36.8. The van der Waals surface area contributed by atoms with Crippen LogP contribution in [0, 0.1) is 0 Å². The Morgan fingerprint density at radius 3 is 1.83 bits per heavy atom. The highest BCUT2D eigenvalue weighted by atomic mass is 16.2. The average Bonchev–Trinajstić information content (AvgIpc) is 3.13. The van der Waals surface area contributed by atoms with Gasteiger partial charge >= 0.3 is 0 Å². The van der Waals surface area contributed by atoms with Crippen molar-refractivity contribution in [3.8, 4) is 0 Å². The first-order valence-electron chi connectivity index (χ1n) is 15.3. The van der Waals surface area contributed by atoms with E-state index in [0.717, 1.165) is 39.5 Å². The van der Waals surface area contributed by atoms with Gasteiger partial charge in [0.2, 0.25) is 11.0 Å². The van der Waals surface area contributed by atoms with Crippen LogP contribution in [0.15, 0.2) is 138 Å². The van der Waals surface area contributed by atoms with E-state index in [1.54, 1.807) is 36.7 Å². The van der Waals surface area contributed by atoms with Crippen molar-refractivity contribution in [3.05, 3.63) is 156 Å². The number of nitrogens with one attached hydrogen (secondary N) is 2. The van der Waals surface area contributed by atoms with E-state index in [9.17, 15) is 9.59 Å². The number of aromatic nitrogens is 4. The monoisotopic (exact) mass is 630 g/mol. The lowest BCUT2D eigenvalue weighted by molar-refractivity contribution is -0.662. The number of para-hydroxylation sites is 2. The van der Waals surface area contributed by atoms with Crippen molar-refractivity contribution in [2.24, 2.45) is 17.3 Å². The Hall–Kier alpha value is -6.68. The van der Waals surface area contributed by atoms with Crippen LogP contribution in [0.5, 0.6) is 0 Å². The summed E-state index contributed by atoms with van der Waals surface area (Å²) in [4.78, 5) is 34.6. The van der Waals surface area contributed by atoms with Crippen LogP contribution >= 0.6 is 0 Å². The molecular weight excluding hydrogens is 600 g/mol. The summed E-state index contributed by atoms with van der Waals surface area (Å²) in [7, 11) is 1.97. The molecule has 4 heterocycles. The Morgan fingerprint density at radius 2 is 1.19 bits per heavy atom. The molecule has 0 aliphatic rings. The SMILES string of the molecule is C[n+]1ccc(/C=N/NC(=O)c2ccc3ccc(C(=O)N/N=C/c4cc[n+](Cc5ccccc5)c5ccccc45)nc3n2)c2ccccc21. The molecule has 0 unspecified atom stereocenters. The maximum Gasteiger partial charge on any atom is 0.290 e. The quantitative estimate of drug-likeness (QED) is 0.145. The number of benzene rings is 3. The third-order valence-electron chi connectivity index (χ3n) is 7.98. The smallest absolute Gasteiger partial charge is 0.266 e. The number of rotatable bonds is 8. The largest absolute Gasteiger partial charge is 0.290 e. The molecule has 2 N–H and O–H groups in total. The predicted molar refractivity (Wildman–Crippen MR) is 184 cm³/mol. The first-order chi connectivity index (χ1) is 23.5. The Morgan fingerprint density at radius 1 is 0.646 bits per heavy atom. The molecule has 7 rings (SSSR count). The highest BCUT2D eigenvalue weighted by Gasteiger charge is 2.14. The van der Waals surface area contributed by atoms with Crippen LogP contribution < -0.4 is 20.0 Å². The summed E-state index contributed by atoms with van der Waals surface area (Å²) in [5.74, 6) is -1.00. The molecule has 0 spiro atoms. The Balaban J connectivity index is 1.04. The summed E-state index contributed by atoms with van der Waals surface area (Å²) >= 11 is 0. The molecule has 0 bridgehead atoms. The number of hydrogen-bond donors (Lipinski definition) is 2.